The molecule has 112 valence electrons. The fourth-order valence-corrected chi connectivity index (χ4v) is 3.92. The molecule has 0 radical (unpaired) electrons. The molecule has 21 heavy (non-hydrogen) atoms. The van der Waals surface area contributed by atoms with Crippen LogP contribution in [-0.4, -0.2) is 5.11 Å². The highest BCUT2D eigenvalue weighted by Gasteiger charge is 2.29. The second-order valence-corrected chi connectivity index (χ2v) is 7.71. The predicted octanol–water partition coefficient (Wildman–Crippen LogP) is 4.78. The SMILES string of the molecule is CCC(C)(Pc1ccc(C)cc1F)c1cc(C)ccc1O. The zero-order valence-corrected chi connectivity index (χ0v) is 14.0. The third-order valence-corrected chi connectivity index (χ3v) is 5.84. The van der Waals surface area contributed by atoms with E-state index in [1.165, 1.54) is 0 Å². The normalized spacial score (nSPS) is 14.5. The van der Waals surface area contributed by atoms with Crippen LogP contribution < -0.4 is 5.30 Å². The van der Waals surface area contributed by atoms with Gasteiger partial charge in [-0.15, -0.1) is 0 Å². The molecule has 0 bridgehead atoms. The highest BCUT2D eigenvalue weighted by atomic mass is 31.1. The van der Waals surface area contributed by atoms with E-state index in [2.05, 4.69) is 13.8 Å². The molecule has 0 spiro atoms. The maximum Gasteiger partial charge on any atom is 0.130 e. The molecule has 1 nitrogen and oxygen atoms in total. The molecule has 3 heteroatoms. The van der Waals surface area contributed by atoms with Crippen LogP contribution in [0.3, 0.4) is 0 Å². The minimum atomic E-state index is -0.258. The summed E-state index contributed by atoms with van der Waals surface area (Å²) >= 11 is 0. The van der Waals surface area contributed by atoms with Crippen LogP contribution in [0.4, 0.5) is 4.39 Å². The number of aryl methyl sites for hydroxylation is 2. The quantitative estimate of drug-likeness (QED) is 0.806. The van der Waals surface area contributed by atoms with Gasteiger partial charge in [-0.05, 0) is 38.0 Å². The summed E-state index contributed by atoms with van der Waals surface area (Å²) in [6.07, 6.45) is 0.843. The lowest BCUT2D eigenvalue weighted by Crippen LogP contribution is -2.20. The van der Waals surface area contributed by atoms with Crippen molar-refractivity contribution in [3.8, 4) is 5.75 Å². The van der Waals surface area contributed by atoms with Crippen LogP contribution in [0.1, 0.15) is 37.0 Å². The second-order valence-electron chi connectivity index (χ2n) is 5.81. The fraction of sp³-hybridized carbons (Fsp3) is 0.333. The van der Waals surface area contributed by atoms with Crippen LogP contribution in [-0.2, 0) is 5.16 Å². The molecular formula is C18H22FOP. The van der Waals surface area contributed by atoms with Gasteiger partial charge in [0.1, 0.15) is 11.6 Å². The first kappa shape index (κ1) is 16.0. The second kappa shape index (κ2) is 6.15. The first-order valence-corrected chi connectivity index (χ1v) is 8.20. The van der Waals surface area contributed by atoms with Gasteiger partial charge in [-0.25, -0.2) is 4.39 Å². The van der Waals surface area contributed by atoms with Crippen molar-refractivity contribution in [2.45, 2.75) is 39.3 Å². The zero-order chi connectivity index (χ0) is 15.6. The third kappa shape index (κ3) is 3.44. The zero-order valence-electron chi connectivity index (χ0n) is 13.0. The average Bonchev–Trinajstić information content (AvgIpc) is 2.44. The summed E-state index contributed by atoms with van der Waals surface area (Å²) in [6.45, 7) is 8.08. The molecule has 0 aliphatic carbocycles. The Labute approximate surface area is 128 Å². The lowest BCUT2D eigenvalue weighted by atomic mass is 9.95. The smallest absolute Gasteiger partial charge is 0.130 e. The summed E-state index contributed by atoms with van der Waals surface area (Å²) in [5, 5.41) is 10.7. The maximum atomic E-state index is 14.2. The Balaban J connectivity index is 2.43. The molecule has 0 aromatic heterocycles. The van der Waals surface area contributed by atoms with Crippen molar-refractivity contribution in [1.82, 2.24) is 0 Å². The number of hydrogen-bond donors (Lipinski definition) is 1. The Kier molecular flexibility index (Phi) is 4.68. The van der Waals surface area contributed by atoms with Crippen LogP contribution in [0, 0.1) is 19.7 Å². The van der Waals surface area contributed by atoms with Gasteiger partial charge in [0.15, 0.2) is 0 Å². The van der Waals surface area contributed by atoms with Crippen molar-refractivity contribution in [3.63, 3.8) is 0 Å². The number of phenols is 1. The first-order chi connectivity index (χ1) is 9.85. The summed E-state index contributed by atoms with van der Waals surface area (Å²) < 4.78 is 14.2. The standard InChI is InChI=1S/C18H22FOP/c1-5-18(4,14-10-12(2)6-8-16(14)20)21-17-9-7-13(3)11-15(17)19/h6-11,20-21H,5H2,1-4H3. The molecule has 2 rings (SSSR count). The van der Waals surface area contributed by atoms with Crippen LogP contribution in [0.5, 0.6) is 5.75 Å². The molecule has 0 aliphatic heterocycles. The number of halogens is 1. The van der Waals surface area contributed by atoms with Crippen molar-refractivity contribution in [3.05, 3.63) is 58.9 Å². The molecule has 0 saturated carbocycles. The van der Waals surface area contributed by atoms with Crippen molar-refractivity contribution < 1.29 is 9.50 Å². The minimum Gasteiger partial charge on any atom is -0.508 e. The van der Waals surface area contributed by atoms with Gasteiger partial charge in [-0.2, -0.15) is 0 Å². The molecule has 2 aromatic rings. The van der Waals surface area contributed by atoms with Gasteiger partial charge in [0, 0.05) is 16.0 Å². The van der Waals surface area contributed by atoms with Crippen LogP contribution in [0.25, 0.3) is 0 Å². The third-order valence-electron chi connectivity index (χ3n) is 3.99. The minimum absolute atomic E-state index is 0.153. The van der Waals surface area contributed by atoms with Crippen molar-refractivity contribution in [2.75, 3.05) is 0 Å². The van der Waals surface area contributed by atoms with Crippen LogP contribution >= 0.6 is 8.58 Å². The van der Waals surface area contributed by atoms with Crippen LogP contribution in [0.2, 0.25) is 0 Å². The van der Waals surface area contributed by atoms with E-state index in [4.69, 9.17) is 0 Å². The molecule has 1 N–H and O–H groups in total. The highest BCUT2D eigenvalue weighted by molar-refractivity contribution is 7.48. The number of rotatable bonds is 4. The molecule has 0 heterocycles. The van der Waals surface area contributed by atoms with Gasteiger partial charge in [0.25, 0.3) is 0 Å². The molecule has 2 aromatic carbocycles. The van der Waals surface area contributed by atoms with Crippen LogP contribution in [0.15, 0.2) is 36.4 Å². The van der Waals surface area contributed by atoms with Crippen molar-refractivity contribution >= 4 is 13.9 Å². The molecule has 0 fully saturated rings. The summed E-state index contributed by atoms with van der Waals surface area (Å²) in [7, 11) is 0.279. The molecular weight excluding hydrogens is 282 g/mol. The topological polar surface area (TPSA) is 20.2 Å². The molecule has 2 unspecified atom stereocenters. The Morgan fingerprint density at radius 3 is 2.33 bits per heavy atom. The van der Waals surface area contributed by atoms with Gasteiger partial charge in [0.05, 0.1) is 0 Å². The predicted molar refractivity (Wildman–Crippen MR) is 89.6 cm³/mol. The average molecular weight is 304 g/mol. The van der Waals surface area contributed by atoms with E-state index in [0.717, 1.165) is 28.4 Å². The summed E-state index contributed by atoms with van der Waals surface area (Å²) in [6, 6.07) is 11.0. The monoisotopic (exact) mass is 304 g/mol. The van der Waals surface area contributed by atoms with E-state index >= 15 is 0 Å². The van der Waals surface area contributed by atoms with Crippen molar-refractivity contribution in [2.24, 2.45) is 0 Å². The Bertz CT molecular complexity index is 654. The largest absolute Gasteiger partial charge is 0.508 e. The number of aromatic hydroxyl groups is 1. The van der Waals surface area contributed by atoms with Gasteiger partial charge in [-0.3, -0.25) is 0 Å². The number of benzene rings is 2. The number of phenolic OH excluding ortho intramolecular Hbond substituents is 1. The van der Waals surface area contributed by atoms with Gasteiger partial charge >= 0.3 is 0 Å². The van der Waals surface area contributed by atoms with Crippen molar-refractivity contribution in [1.29, 1.82) is 0 Å². The Hall–Kier alpha value is -1.40. The Morgan fingerprint density at radius 1 is 1.10 bits per heavy atom. The summed E-state index contributed by atoms with van der Waals surface area (Å²) in [5.41, 5.74) is 2.94. The van der Waals surface area contributed by atoms with E-state index in [1.807, 2.05) is 38.1 Å². The molecule has 0 aliphatic rings. The summed E-state index contributed by atoms with van der Waals surface area (Å²) in [5.74, 6) is 0.144. The van der Waals surface area contributed by atoms with E-state index in [1.54, 1.807) is 12.1 Å². The highest BCUT2D eigenvalue weighted by Crippen LogP contribution is 2.47. The first-order valence-electron chi connectivity index (χ1n) is 7.20. The van der Waals surface area contributed by atoms with E-state index < -0.39 is 0 Å². The lowest BCUT2D eigenvalue weighted by molar-refractivity contribution is 0.456. The number of hydrogen-bond acceptors (Lipinski definition) is 1. The van der Waals surface area contributed by atoms with E-state index in [9.17, 15) is 9.50 Å². The molecule has 0 amide bonds. The maximum absolute atomic E-state index is 14.2. The van der Waals surface area contributed by atoms with Gasteiger partial charge < -0.3 is 5.11 Å². The van der Waals surface area contributed by atoms with Gasteiger partial charge in [-0.1, -0.05) is 52.3 Å². The van der Waals surface area contributed by atoms with E-state index in [-0.39, 0.29) is 19.6 Å². The van der Waals surface area contributed by atoms with Gasteiger partial charge in [0.2, 0.25) is 0 Å². The Morgan fingerprint density at radius 2 is 1.71 bits per heavy atom. The molecule has 0 saturated heterocycles. The fourth-order valence-electron chi connectivity index (χ4n) is 2.46. The van der Waals surface area contributed by atoms with E-state index in [0.29, 0.717) is 5.75 Å². The summed E-state index contributed by atoms with van der Waals surface area (Å²) in [4.78, 5) is 0. The molecule has 2 atom stereocenters. The lowest BCUT2D eigenvalue weighted by Gasteiger charge is -2.30.